The second-order valence-electron chi connectivity index (χ2n) is 4.41. The van der Waals surface area contributed by atoms with Crippen LogP contribution in [0, 0.1) is 0 Å². The van der Waals surface area contributed by atoms with E-state index in [9.17, 15) is 14.4 Å². The first-order chi connectivity index (χ1) is 10.4. The summed E-state index contributed by atoms with van der Waals surface area (Å²) in [7, 11) is 0. The molecule has 1 aliphatic rings. The van der Waals surface area contributed by atoms with Crippen LogP contribution in [0.25, 0.3) is 6.08 Å². The van der Waals surface area contributed by atoms with Gasteiger partial charge < -0.3 is 15.2 Å². The van der Waals surface area contributed by atoms with Gasteiger partial charge in [0.15, 0.2) is 6.61 Å². The van der Waals surface area contributed by atoms with Crippen molar-refractivity contribution >= 4 is 39.9 Å². The molecule has 0 atom stereocenters. The summed E-state index contributed by atoms with van der Waals surface area (Å²) in [5, 5.41) is 11.1. The molecule has 3 amide bonds. The molecule has 1 aromatic rings. The number of carboxylic acid groups (broad SMARTS) is 1. The van der Waals surface area contributed by atoms with Crippen LogP contribution in [0.2, 0.25) is 0 Å². The molecule has 0 radical (unpaired) electrons. The minimum atomic E-state index is -1.07. The van der Waals surface area contributed by atoms with Gasteiger partial charge in [0, 0.05) is 6.54 Å². The number of halogens is 1. The Labute approximate surface area is 134 Å². The summed E-state index contributed by atoms with van der Waals surface area (Å²) < 4.78 is 5.63. The van der Waals surface area contributed by atoms with Gasteiger partial charge in [-0.15, -0.1) is 0 Å². The maximum Gasteiger partial charge on any atom is 0.341 e. The summed E-state index contributed by atoms with van der Waals surface area (Å²) in [5.41, 5.74) is 0.856. The lowest BCUT2D eigenvalue weighted by molar-refractivity contribution is -0.139. The summed E-state index contributed by atoms with van der Waals surface area (Å²) in [4.78, 5) is 35.1. The second-order valence-corrected chi connectivity index (χ2v) is 5.26. The fraction of sp³-hybridized carbons (Fsp3) is 0.214. The molecule has 1 aliphatic heterocycles. The molecule has 22 heavy (non-hydrogen) atoms. The van der Waals surface area contributed by atoms with E-state index in [0.717, 1.165) is 4.90 Å². The predicted octanol–water partition coefficient (Wildman–Crippen LogP) is 1.83. The molecule has 2 N–H and O–H groups in total. The molecule has 7 nitrogen and oxygen atoms in total. The van der Waals surface area contributed by atoms with Crippen molar-refractivity contribution in [2.45, 2.75) is 6.92 Å². The first-order valence-electron chi connectivity index (χ1n) is 6.41. The van der Waals surface area contributed by atoms with Crippen LogP contribution in [-0.2, 0) is 9.59 Å². The molecule has 0 bridgehead atoms. The SMILES string of the molecule is CCN1C(=O)N/C(=C/c2ccc(OCC(=O)O)c(Br)c2)C1=O. The van der Waals surface area contributed by atoms with Gasteiger partial charge in [-0.2, -0.15) is 0 Å². The molecule has 2 rings (SSSR count). The standard InChI is InChI=1S/C14H13BrN2O5/c1-2-17-13(20)10(16-14(17)21)6-8-3-4-11(9(15)5-8)22-7-12(18)19/h3-6H,2,7H2,1H3,(H,16,21)(H,18,19)/b10-6+. The minimum absolute atomic E-state index is 0.193. The van der Waals surface area contributed by atoms with E-state index in [2.05, 4.69) is 21.2 Å². The Kier molecular flexibility index (Phi) is 4.81. The first-order valence-corrected chi connectivity index (χ1v) is 7.20. The third kappa shape index (κ3) is 3.45. The van der Waals surface area contributed by atoms with Crippen molar-refractivity contribution in [1.82, 2.24) is 10.2 Å². The highest BCUT2D eigenvalue weighted by molar-refractivity contribution is 9.10. The van der Waals surface area contributed by atoms with E-state index in [0.29, 0.717) is 22.3 Å². The molecule has 0 saturated carbocycles. The number of ether oxygens (including phenoxy) is 1. The third-order valence-electron chi connectivity index (χ3n) is 2.90. The van der Waals surface area contributed by atoms with Crippen LogP contribution in [-0.4, -0.2) is 41.1 Å². The molecule has 0 unspecified atom stereocenters. The van der Waals surface area contributed by atoms with Crippen LogP contribution in [0.15, 0.2) is 28.4 Å². The summed E-state index contributed by atoms with van der Waals surface area (Å²) in [5.74, 6) is -1.08. The number of benzene rings is 1. The Hall–Kier alpha value is -2.35. The lowest BCUT2D eigenvalue weighted by atomic mass is 10.2. The number of carbonyl (C=O) groups excluding carboxylic acids is 2. The van der Waals surface area contributed by atoms with Crippen LogP contribution >= 0.6 is 15.9 Å². The van der Waals surface area contributed by atoms with Gasteiger partial charge in [0.05, 0.1) is 4.47 Å². The summed E-state index contributed by atoms with van der Waals surface area (Å²) in [6.45, 7) is 1.57. The van der Waals surface area contributed by atoms with Crippen LogP contribution in [0.3, 0.4) is 0 Å². The number of aliphatic carboxylic acids is 1. The summed E-state index contributed by atoms with van der Waals surface area (Å²) in [6, 6.07) is 4.46. The minimum Gasteiger partial charge on any atom is -0.481 e. The molecule has 1 saturated heterocycles. The van der Waals surface area contributed by atoms with Gasteiger partial charge >= 0.3 is 12.0 Å². The first kappa shape index (κ1) is 16.0. The maximum absolute atomic E-state index is 12.0. The molecule has 0 aromatic heterocycles. The number of carboxylic acids is 1. The molecule has 8 heteroatoms. The van der Waals surface area contributed by atoms with E-state index in [1.165, 1.54) is 0 Å². The molecule has 116 valence electrons. The number of hydrogen-bond donors (Lipinski definition) is 2. The highest BCUT2D eigenvalue weighted by atomic mass is 79.9. The Morgan fingerprint density at radius 3 is 2.73 bits per heavy atom. The normalized spacial score (nSPS) is 16.1. The highest BCUT2D eigenvalue weighted by Crippen LogP contribution is 2.27. The second kappa shape index (κ2) is 6.61. The predicted molar refractivity (Wildman–Crippen MR) is 81.2 cm³/mol. The zero-order valence-corrected chi connectivity index (χ0v) is 13.2. The lowest BCUT2D eigenvalue weighted by Crippen LogP contribution is -2.30. The van der Waals surface area contributed by atoms with Crippen LogP contribution in [0.1, 0.15) is 12.5 Å². The number of nitrogens with one attached hydrogen (secondary N) is 1. The van der Waals surface area contributed by atoms with Crippen LogP contribution < -0.4 is 10.1 Å². The van der Waals surface area contributed by atoms with Crippen molar-refractivity contribution in [3.8, 4) is 5.75 Å². The van der Waals surface area contributed by atoms with Crippen molar-refractivity contribution in [2.24, 2.45) is 0 Å². The maximum atomic E-state index is 12.0. The molecular formula is C14H13BrN2O5. The molecule has 0 spiro atoms. The number of imide groups is 1. The van der Waals surface area contributed by atoms with E-state index in [4.69, 9.17) is 9.84 Å². The average Bonchev–Trinajstić information content (AvgIpc) is 2.72. The van der Waals surface area contributed by atoms with E-state index >= 15 is 0 Å². The van der Waals surface area contributed by atoms with Crippen molar-refractivity contribution < 1.29 is 24.2 Å². The Balaban J connectivity index is 2.19. The fourth-order valence-corrected chi connectivity index (χ4v) is 2.40. The number of carbonyl (C=O) groups is 3. The largest absolute Gasteiger partial charge is 0.481 e. The van der Waals surface area contributed by atoms with Crippen LogP contribution in [0.4, 0.5) is 4.79 Å². The number of likely N-dealkylation sites (N-methyl/N-ethyl adjacent to an activating group) is 1. The van der Waals surface area contributed by atoms with Gasteiger partial charge in [-0.3, -0.25) is 9.69 Å². The Morgan fingerprint density at radius 1 is 1.45 bits per heavy atom. The van der Waals surface area contributed by atoms with Gasteiger partial charge in [0.1, 0.15) is 11.4 Å². The quantitative estimate of drug-likeness (QED) is 0.610. The van der Waals surface area contributed by atoms with Gasteiger partial charge in [-0.05, 0) is 46.6 Å². The highest BCUT2D eigenvalue weighted by Gasteiger charge is 2.31. The van der Waals surface area contributed by atoms with Gasteiger partial charge in [-0.1, -0.05) is 6.07 Å². The zero-order valence-electron chi connectivity index (χ0n) is 11.6. The van der Waals surface area contributed by atoms with Gasteiger partial charge in [-0.25, -0.2) is 9.59 Å². The third-order valence-corrected chi connectivity index (χ3v) is 3.52. The van der Waals surface area contributed by atoms with E-state index < -0.39 is 18.6 Å². The molecule has 0 aliphatic carbocycles. The number of amides is 3. The fourth-order valence-electron chi connectivity index (χ4n) is 1.89. The lowest BCUT2D eigenvalue weighted by Gasteiger charge is -2.07. The number of nitrogens with zero attached hydrogens (tertiary/aromatic N) is 1. The molecule has 1 fully saturated rings. The average molecular weight is 369 g/mol. The number of rotatable bonds is 5. The van der Waals surface area contributed by atoms with E-state index in [1.807, 2.05) is 0 Å². The summed E-state index contributed by atoms with van der Waals surface area (Å²) in [6.07, 6.45) is 1.54. The smallest absolute Gasteiger partial charge is 0.341 e. The molecule has 1 heterocycles. The summed E-state index contributed by atoms with van der Waals surface area (Å²) >= 11 is 3.27. The molecular weight excluding hydrogens is 356 g/mol. The molecule has 1 aromatic carbocycles. The van der Waals surface area contributed by atoms with Gasteiger partial charge in [0.2, 0.25) is 0 Å². The van der Waals surface area contributed by atoms with Crippen molar-refractivity contribution in [3.63, 3.8) is 0 Å². The van der Waals surface area contributed by atoms with Crippen molar-refractivity contribution in [3.05, 3.63) is 33.9 Å². The van der Waals surface area contributed by atoms with Gasteiger partial charge in [0.25, 0.3) is 5.91 Å². The van der Waals surface area contributed by atoms with E-state index in [-0.39, 0.29) is 11.6 Å². The Bertz CT molecular complexity index is 671. The number of hydrogen-bond acceptors (Lipinski definition) is 4. The van der Waals surface area contributed by atoms with Crippen LogP contribution in [0.5, 0.6) is 5.75 Å². The Morgan fingerprint density at radius 2 is 2.18 bits per heavy atom. The zero-order chi connectivity index (χ0) is 16.3. The monoisotopic (exact) mass is 368 g/mol. The van der Waals surface area contributed by atoms with Crippen molar-refractivity contribution in [2.75, 3.05) is 13.2 Å². The van der Waals surface area contributed by atoms with E-state index in [1.54, 1.807) is 31.2 Å². The number of urea groups is 1. The topological polar surface area (TPSA) is 95.9 Å². The van der Waals surface area contributed by atoms with Crippen molar-refractivity contribution in [1.29, 1.82) is 0 Å².